The second-order valence-electron chi connectivity index (χ2n) is 6.79. The van der Waals surface area contributed by atoms with Crippen LogP contribution in [0, 0.1) is 0 Å². The summed E-state index contributed by atoms with van der Waals surface area (Å²) in [4.78, 5) is 25.7. The molecule has 1 aliphatic heterocycles. The molecule has 2 aliphatic rings. The highest BCUT2D eigenvalue weighted by Crippen LogP contribution is 2.41. The number of hydrogen-bond acceptors (Lipinski definition) is 5. The Morgan fingerprint density at radius 2 is 2.07 bits per heavy atom. The molecule has 0 unspecified atom stereocenters. The van der Waals surface area contributed by atoms with Gasteiger partial charge in [0.2, 0.25) is 5.89 Å². The van der Waals surface area contributed by atoms with E-state index in [9.17, 15) is 4.79 Å². The SMILES string of the molecule is O=C(c1coc(-c2cccnc2)n1)N1CCN(C2CC2)c2ccc(Cl)cc21. The van der Waals surface area contributed by atoms with Crippen LogP contribution in [0.15, 0.2) is 53.4 Å². The lowest BCUT2D eigenvalue weighted by molar-refractivity contribution is 0.0982. The molecule has 0 spiro atoms. The lowest BCUT2D eigenvalue weighted by Crippen LogP contribution is -2.45. The van der Waals surface area contributed by atoms with E-state index in [4.69, 9.17) is 16.0 Å². The largest absolute Gasteiger partial charge is 0.444 e. The average molecular weight is 381 g/mol. The number of hydrogen-bond donors (Lipinski definition) is 0. The van der Waals surface area contributed by atoms with Crippen LogP contribution in [0.4, 0.5) is 11.4 Å². The number of benzene rings is 1. The number of amides is 1. The monoisotopic (exact) mass is 380 g/mol. The summed E-state index contributed by atoms with van der Waals surface area (Å²) in [5.74, 6) is 0.197. The van der Waals surface area contributed by atoms with Gasteiger partial charge < -0.3 is 14.2 Å². The van der Waals surface area contributed by atoms with Gasteiger partial charge in [0, 0.05) is 36.5 Å². The zero-order valence-corrected chi connectivity index (χ0v) is 15.3. The first kappa shape index (κ1) is 16.3. The normalized spacial score (nSPS) is 16.3. The van der Waals surface area contributed by atoms with Crippen LogP contribution in [-0.4, -0.2) is 35.0 Å². The van der Waals surface area contributed by atoms with Crippen LogP contribution in [0.3, 0.4) is 0 Å². The van der Waals surface area contributed by atoms with Crippen molar-refractivity contribution in [3.63, 3.8) is 0 Å². The van der Waals surface area contributed by atoms with Gasteiger partial charge >= 0.3 is 0 Å². The van der Waals surface area contributed by atoms with Crippen LogP contribution < -0.4 is 9.80 Å². The lowest BCUT2D eigenvalue weighted by Gasteiger charge is -2.37. The maximum absolute atomic E-state index is 13.1. The molecule has 2 aromatic heterocycles. The van der Waals surface area contributed by atoms with E-state index in [0.717, 1.165) is 23.5 Å². The lowest BCUT2D eigenvalue weighted by atomic mass is 10.1. The van der Waals surface area contributed by atoms with Crippen molar-refractivity contribution in [1.82, 2.24) is 9.97 Å². The number of anilines is 2. The predicted octanol–water partition coefficient (Wildman–Crippen LogP) is 4.02. The first-order valence-electron chi connectivity index (χ1n) is 8.95. The van der Waals surface area contributed by atoms with Crippen LogP contribution in [0.2, 0.25) is 5.02 Å². The third-order valence-electron chi connectivity index (χ3n) is 4.97. The van der Waals surface area contributed by atoms with Gasteiger partial charge in [-0.3, -0.25) is 9.78 Å². The van der Waals surface area contributed by atoms with Crippen LogP contribution in [0.25, 0.3) is 11.5 Å². The molecule has 1 amide bonds. The van der Waals surface area contributed by atoms with Crippen molar-refractivity contribution >= 4 is 28.9 Å². The van der Waals surface area contributed by atoms with Crippen LogP contribution >= 0.6 is 11.6 Å². The maximum Gasteiger partial charge on any atom is 0.280 e. The van der Waals surface area contributed by atoms with Gasteiger partial charge in [0.1, 0.15) is 6.26 Å². The fourth-order valence-electron chi connectivity index (χ4n) is 3.51. The van der Waals surface area contributed by atoms with Gasteiger partial charge in [0.25, 0.3) is 5.91 Å². The highest BCUT2D eigenvalue weighted by molar-refractivity contribution is 6.31. The van der Waals surface area contributed by atoms with Gasteiger partial charge in [-0.2, -0.15) is 0 Å². The molecule has 0 radical (unpaired) electrons. The van der Waals surface area contributed by atoms with Gasteiger partial charge in [0.15, 0.2) is 5.69 Å². The van der Waals surface area contributed by atoms with Crippen LogP contribution in [0.5, 0.6) is 0 Å². The summed E-state index contributed by atoms with van der Waals surface area (Å²) in [7, 11) is 0. The summed E-state index contributed by atoms with van der Waals surface area (Å²) in [6, 6.07) is 9.95. The molecular formula is C20H17ClN4O2. The summed E-state index contributed by atoms with van der Waals surface area (Å²) in [5.41, 5.74) is 2.90. The molecule has 1 saturated carbocycles. The van der Waals surface area contributed by atoms with E-state index in [1.165, 1.54) is 19.1 Å². The molecule has 7 heteroatoms. The molecule has 3 aromatic rings. The Kier molecular flexibility index (Phi) is 3.86. The molecule has 6 nitrogen and oxygen atoms in total. The van der Waals surface area contributed by atoms with Gasteiger partial charge in [-0.25, -0.2) is 4.98 Å². The smallest absolute Gasteiger partial charge is 0.280 e. The summed E-state index contributed by atoms with van der Waals surface area (Å²) in [6.45, 7) is 1.40. The van der Waals surface area contributed by atoms with E-state index >= 15 is 0 Å². The highest BCUT2D eigenvalue weighted by atomic mass is 35.5. The van der Waals surface area contributed by atoms with Crippen molar-refractivity contribution in [2.45, 2.75) is 18.9 Å². The van der Waals surface area contributed by atoms with E-state index < -0.39 is 0 Å². The summed E-state index contributed by atoms with van der Waals surface area (Å²) < 4.78 is 5.51. The van der Waals surface area contributed by atoms with E-state index in [-0.39, 0.29) is 11.6 Å². The number of aromatic nitrogens is 2. The Bertz CT molecular complexity index is 1000. The Morgan fingerprint density at radius 1 is 1.19 bits per heavy atom. The minimum absolute atomic E-state index is 0.187. The van der Waals surface area contributed by atoms with E-state index in [1.807, 2.05) is 24.3 Å². The van der Waals surface area contributed by atoms with Crippen LogP contribution in [0.1, 0.15) is 23.3 Å². The third kappa shape index (κ3) is 2.96. The molecule has 0 saturated heterocycles. The Labute approximate surface area is 161 Å². The predicted molar refractivity (Wildman–Crippen MR) is 103 cm³/mol. The topological polar surface area (TPSA) is 62.5 Å². The number of nitrogens with zero attached hydrogens (tertiary/aromatic N) is 4. The number of pyridine rings is 1. The minimum atomic E-state index is -0.187. The molecule has 0 atom stereocenters. The fourth-order valence-corrected chi connectivity index (χ4v) is 3.68. The summed E-state index contributed by atoms with van der Waals surface area (Å²) >= 11 is 6.22. The maximum atomic E-state index is 13.1. The standard InChI is InChI=1S/C20H17ClN4O2/c21-14-3-6-17-18(10-14)25(9-8-24(17)15-4-5-15)20(26)16-12-27-19(23-16)13-2-1-7-22-11-13/h1-3,6-7,10-12,15H,4-5,8-9H2. The zero-order chi connectivity index (χ0) is 18.4. The number of carbonyl (C=O) groups is 1. The molecule has 1 fully saturated rings. The van der Waals surface area contributed by atoms with Crippen molar-refractivity contribution in [3.8, 4) is 11.5 Å². The van der Waals surface area contributed by atoms with Crippen molar-refractivity contribution in [2.75, 3.05) is 22.9 Å². The summed E-state index contributed by atoms with van der Waals surface area (Å²) in [6.07, 6.45) is 7.14. The summed E-state index contributed by atoms with van der Waals surface area (Å²) in [5, 5.41) is 0.611. The third-order valence-corrected chi connectivity index (χ3v) is 5.20. The van der Waals surface area contributed by atoms with E-state index in [1.54, 1.807) is 23.4 Å². The Hall–Kier alpha value is -2.86. The quantitative estimate of drug-likeness (QED) is 0.686. The number of carbonyl (C=O) groups excluding carboxylic acids is 1. The number of oxazole rings is 1. The molecule has 136 valence electrons. The van der Waals surface area contributed by atoms with Gasteiger partial charge in [-0.05, 0) is 43.2 Å². The molecule has 1 aliphatic carbocycles. The van der Waals surface area contributed by atoms with Gasteiger partial charge in [0.05, 0.1) is 16.9 Å². The molecule has 1 aromatic carbocycles. The number of rotatable bonds is 3. The molecule has 0 bridgehead atoms. The molecule has 3 heterocycles. The number of halogens is 1. The first-order valence-corrected chi connectivity index (χ1v) is 9.32. The molecule has 5 rings (SSSR count). The van der Waals surface area contributed by atoms with Gasteiger partial charge in [-0.15, -0.1) is 0 Å². The van der Waals surface area contributed by atoms with Crippen molar-refractivity contribution in [1.29, 1.82) is 0 Å². The Balaban J connectivity index is 1.48. The first-order chi connectivity index (χ1) is 13.2. The molecule has 0 N–H and O–H groups in total. The van der Waals surface area contributed by atoms with Crippen molar-refractivity contribution < 1.29 is 9.21 Å². The van der Waals surface area contributed by atoms with E-state index in [2.05, 4.69) is 14.9 Å². The zero-order valence-electron chi connectivity index (χ0n) is 14.5. The second-order valence-corrected chi connectivity index (χ2v) is 7.23. The van der Waals surface area contributed by atoms with Gasteiger partial charge in [-0.1, -0.05) is 11.6 Å². The minimum Gasteiger partial charge on any atom is -0.444 e. The Morgan fingerprint density at radius 3 is 2.85 bits per heavy atom. The average Bonchev–Trinajstić information content (AvgIpc) is 3.42. The second kappa shape index (κ2) is 6.39. The number of fused-ring (bicyclic) bond motifs is 1. The van der Waals surface area contributed by atoms with Crippen LogP contribution in [-0.2, 0) is 0 Å². The highest BCUT2D eigenvalue weighted by Gasteiger charge is 2.36. The van der Waals surface area contributed by atoms with Crippen molar-refractivity contribution in [2.24, 2.45) is 0 Å². The van der Waals surface area contributed by atoms with Crippen molar-refractivity contribution in [3.05, 3.63) is 59.7 Å². The molecule has 27 heavy (non-hydrogen) atoms. The van der Waals surface area contributed by atoms with E-state index in [0.29, 0.717) is 23.5 Å². The molecular weight excluding hydrogens is 364 g/mol. The fraction of sp³-hybridized carbons (Fsp3) is 0.250.